The van der Waals surface area contributed by atoms with Crippen LogP contribution >= 0.6 is 0 Å². The topological polar surface area (TPSA) is 107 Å². The highest BCUT2D eigenvalue weighted by Gasteiger charge is 2.28. The molecule has 8 heteroatoms. The summed E-state index contributed by atoms with van der Waals surface area (Å²) in [6.45, 7) is 1.74. The van der Waals surface area contributed by atoms with E-state index in [0.717, 1.165) is 23.4 Å². The van der Waals surface area contributed by atoms with Gasteiger partial charge in [-0.3, -0.25) is 9.48 Å². The summed E-state index contributed by atoms with van der Waals surface area (Å²) < 4.78 is 7.08. The Morgan fingerprint density at radius 3 is 3.12 bits per heavy atom. The molecule has 0 bridgehead atoms. The van der Waals surface area contributed by atoms with Crippen LogP contribution in [-0.2, 0) is 18.3 Å². The summed E-state index contributed by atoms with van der Waals surface area (Å²) in [7, 11) is 1.84. The predicted octanol–water partition coefficient (Wildman–Crippen LogP) is 0.254. The number of aryl methyl sites for hydroxylation is 1. The molecule has 2 unspecified atom stereocenters. The SMILES string of the molecule is Cn1cc(-c2nc(NC3CCOCC3N)cc3c2C(=O)NC3)cn1. The van der Waals surface area contributed by atoms with Crippen molar-refractivity contribution in [2.75, 3.05) is 18.5 Å². The highest BCUT2D eigenvalue weighted by molar-refractivity contribution is 6.04. The number of rotatable bonds is 3. The highest BCUT2D eigenvalue weighted by Crippen LogP contribution is 2.30. The van der Waals surface area contributed by atoms with Gasteiger partial charge in [-0.2, -0.15) is 5.10 Å². The van der Waals surface area contributed by atoms with Crippen molar-refractivity contribution in [3.05, 3.63) is 29.6 Å². The van der Waals surface area contributed by atoms with E-state index in [1.165, 1.54) is 0 Å². The molecule has 0 radical (unpaired) electrons. The van der Waals surface area contributed by atoms with Crippen LogP contribution in [0, 0.1) is 0 Å². The molecule has 2 aliphatic heterocycles. The number of carbonyl (C=O) groups excluding carboxylic acids is 1. The maximum absolute atomic E-state index is 12.2. The highest BCUT2D eigenvalue weighted by atomic mass is 16.5. The number of pyridine rings is 1. The molecule has 2 aromatic heterocycles. The lowest BCUT2D eigenvalue weighted by atomic mass is 10.0. The minimum atomic E-state index is -0.0920. The largest absolute Gasteiger partial charge is 0.380 e. The maximum atomic E-state index is 12.2. The zero-order chi connectivity index (χ0) is 16.7. The first-order valence-electron chi connectivity index (χ1n) is 8.03. The summed E-state index contributed by atoms with van der Waals surface area (Å²) in [6, 6.07) is 1.96. The smallest absolute Gasteiger partial charge is 0.254 e. The quantitative estimate of drug-likeness (QED) is 0.746. The number of ether oxygens (including phenoxy) is 1. The number of carbonyl (C=O) groups is 1. The van der Waals surface area contributed by atoms with Crippen LogP contribution < -0.4 is 16.4 Å². The zero-order valence-corrected chi connectivity index (χ0v) is 13.5. The van der Waals surface area contributed by atoms with Gasteiger partial charge >= 0.3 is 0 Å². The van der Waals surface area contributed by atoms with Crippen LogP contribution in [0.2, 0.25) is 0 Å². The van der Waals surface area contributed by atoms with Crippen molar-refractivity contribution in [3.63, 3.8) is 0 Å². The first-order chi connectivity index (χ1) is 11.6. The van der Waals surface area contributed by atoms with Gasteiger partial charge in [-0.05, 0) is 18.1 Å². The molecular formula is C16H20N6O2. The normalized spacial score (nSPS) is 23.0. The third-order valence-corrected chi connectivity index (χ3v) is 4.48. The van der Waals surface area contributed by atoms with Crippen molar-refractivity contribution in [1.29, 1.82) is 0 Å². The van der Waals surface area contributed by atoms with Crippen molar-refractivity contribution in [3.8, 4) is 11.3 Å². The average Bonchev–Trinajstić information content (AvgIpc) is 3.16. The minimum absolute atomic E-state index is 0.0737. The Morgan fingerprint density at radius 2 is 2.38 bits per heavy atom. The van der Waals surface area contributed by atoms with Gasteiger partial charge in [-0.1, -0.05) is 0 Å². The molecular weight excluding hydrogens is 308 g/mol. The van der Waals surface area contributed by atoms with Gasteiger partial charge in [-0.15, -0.1) is 0 Å². The molecule has 4 heterocycles. The van der Waals surface area contributed by atoms with E-state index in [9.17, 15) is 4.79 Å². The average molecular weight is 328 g/mol. The molecule has 24 heavy (non-hydrogen) atoms. The fraction of sp³-hybridized carbons (Fsp3) is 0.438. The maximum Gasteiger partial charge on any atom is 0.254 e. The molecule has 2 atom stereocenters. The molecule has 0 spiro atoms. The van der Waals surface area contributed by atoms with Crippen molar-refractivity contribution in [2.45, 2.75) is 25.0 Å². The standard InChI is InChI=1S/C16H20N6O2/c1-22-7-10(6-19-22)15-14-9(5-18-16(14)23)4-13(21-15)20-12-2-3-24-8-11(12)17/h4,6-7,11-12H,2-3,5,8,17H2,1H3,(H,18,23)(H,20,21). The first-order valence-corrected chi connectivity index (χ1v) is 8.03. The van der Waals surface area contributed by atoms with Gasteiger partial charge in [0.2, 0.25) is 0 Å². The first kappa shape index (κ1) is 15.1. The number of fused-ring (bicyclic) bond motifs is 1. The Balaban J connectivity index is 1.72. The van der Waals surface area contributed by atoms with E-state index in [1.807, 2.05) is 19.3 Å². The number of anilines is 1. The number of nitrogens with two attached hydrogens (primary N) is 1. The van der Waals surface area contributed by atoms with E-state index >= 15 is 0 Å². The second kappa shape index (κ2) is 5.88. The van der Waals surface area contributed by atoms with Gasteiger partial charge in [0.1, 0.15) is 5.82 Å². The van der Waals surface area contributed by atoms with Crippen LogP contribution in [0.15, 0.2) is 18.5 Å². The van der Waals surface area contributed by atoms with Crippen LogP contribution in [0.4, 0.5) is 5.82 Å². The zero-order valence-electron chi connectivity index (χ0n) is 13.5. The Labute approximate surface area is 139 Å². The number of nitrogens with zero attached hydrogens (tertiary/aromatic N) is 3. The van der Waals surface area contributed by atoms with Crippen LogP contribution in [-0.4, -0.2) is 46.0 Å². The van der Waals surface area contributed by atoms with Gasteiger partial charge in [0.05, 0.1) is 24.1 Å². The van der Waals surface area contributed by atoms with Crippen molar-refractivity contribution in [1.82, 2.24) is 20.1 Å². The van der Waals surface area contributed by atoms with E-state index in [-0.39, 0.29) is 18.0 Å². The van der Waals surface area contributed by atoms with Crippen LogP contribution in [0.1, 0.15) is 22.3 Å². The third-order valence-electron chi connectivity index (χ3n) is 4.48. The van der Waals surface area contributed by atoms with E-state index in [2.05, 4.69) is 20.7 Å². The molecule has 1 fully saturated rings. The van der Waals surface area contributed by atoms with Crippen LogP contribution in [0.25, 0.3) is 11.3 Å². The molecule has 0 aromatic carbocycles. The van der Waals surface area contributed by atoms with E-state index in [4.69, 9.17) is 10.5 Å². The van der Waals surface area contributed by atoms with E-state index < -0.39 is 0 Å². The summed E-state index contributed by atoms with van der Waals surface area (Å²) in [6.07, 6.45) is 4.41. The van der Waals surface area contributed by atoms with Gasteiger partial charge < -0.3 is 21.1 Å². The molecule has 0 aliphatic carbocycles. The summed E-state index contributed by atoms with van der Waals surface area (Å²) in [4.78, 5) is 16.9. The van der Waals surface area contributed by atoms with Gasteiger partial charge in [0, 0.05) is 44.0 Å². The second-order valence-electron chi connectivity index (χ2n) is 6.25. The molecule has 4 N–H and O–H groups in total. The van der Waals surface area contributed by atoms with Crippen LogP contribution in [0.5, 0.6) is 0 Å². The Hall–Kier alpha value is -2.45. The lowest BCUT2D eigenvalue weighted by Crippen LogP contribution is -2.47. The number of hydrogen-bond donors (Lipinski definition) is 3. The summed E-state index contributed by atoms with van der Waals surface area (Å²) in [5, 5.41) is 10.5. The summed E-state index contributed by atoms with van der Waals surface area (Å²) in [5.74, 6) is 0.636. The number of hydrogen-bond acceptors (Lipinski definition) is 6. The molecule has 1 saturated heterocycles. The summed E-state index contributed by atoms with van der Waals surface area (Å²) in [5.41, 5.74) is 9.17. The van der Waals surface area contributed by atoms with E-state index in [1.54, 1.807) is 10.9 Å². The number of nitrogens with one attached hydrogen (secondary N) is 2. The Morgan fingerprint density at radius 1 is 1.50 bits per heavy atom. The lowest BCUT2D eigenvalue weighted by molar-refractivity contribution is 0.0752. The fourth-order valence-corrected chi connectivity index (χ4v) is 3.21. The fourth-order valence-electron chi connectivity index (χ4n) is 3.21. The molecule has 8 nitrogen and oxygen atoms in total. The second-order valence-corrected chi connectivity index (χ2v) is 6.25. The van der Waals surface area contributed by atoms with E-state index in [0.29, 0.717) is 31.0 Å². The van der Waals surface area contributed by atoms with Gasteiger partial charge in [0.25, 0.3) is 5.91 Å². The molecule has 1 amide bonds. The molecule has 126 valence electrons. The minimum Gasteiger partial charge on any atom is -0.380 e. The van der Waals surface area contributed by atoms with Crippen LogP contribution in [0.3, 0.4) is 0 Å². The number of aromatic nitrogens is 3. The Bertz CT molecular complexity index is 787. The van der Waals surface area contributed by atoms with Crippen molar-refractivity contribution < 1.29 is 9.53 Å². The van der Waals surface area contributed by atoms with Gasteiger partial charge in [0.15, 0.2) is 0 Å². The molecule has 4 rings (SSSR count). The predicted molar refractivity (Wildman–Crippen MR) is 88.4 cm³/mol. The van der Waals surface area contributed by atoms with Crippen molar-refractivity contribution >= 4 is 11.7 Å². The van der Waals surface area contributed by atoms with Gasteiger partial charge in [-0.25, -0.2) is 4.98 Å². The summed E-state index contributed by atoms with van der Waals surface area (Å²) >= 11 is 0. The molecule has 0 saturated carbocycles. The molecule has 2 aromatic rings. The van der Waals surface area contributed by atoms with Crippen molar-refractivity contribution in [2.24, 2.45) is 12.8 Å². The molecule has 2 aliphatic rings. The number of amides is 1. The Kier molecular flexibility index (Phi) is 3.70. The lowest BCUT2D eigenvalue weighted by Gasteiger charge is -2.30. The monoisotopic (exact) mass is 328 g/mol. The third kappa shape index (κ3) is 2.63.